The summed E-state index contributed by atoms with van der Waals surface area (Å²) in [5.74, 6) is -0.440. The van der Waals surface area contributed by atoms with Gasteiger partial charge >= 0.3 is 0 Å². The van der Waals surface area contributed by atoms with Gasteiger partial charge in [0.2, 0.25) is 0 Å². The molecule has 3 nitrogen and oxygen atoms in total. The number of rotatable bonds is 1. The minimum absolute atomic E-state index is 0.385. The topological polar surface area (TPSA) is 56.0 Å². The molecule has 0 bridgehead atoms. The second-order valence-corrected chi connectivity index (χ2v) is 3.02. The summed E-state index contributed by atoms with van der Waals surface area (Å²) in [5, 5.41) is 0. The van der Waals surface area contributed by atoms with Gasteiger partial charge in [0.15, 0.2) is 0 Å². The highest BCUT2D eigenvalue weighted by molar-refractivity contribution is 5.90. The van der Waals surface area contributed by atoms with Crippen molar-refractivity contribution in [3.8, 4) is 0 Å². The standard InChI is InChI=1S/C9H10N2O/c10-9(12)8-5-4-6-2-1-3-7(6)11-8/h4-5H,1-3H2,(H2,10,12). The van der Waals surface area contributed by atoms with Gasteiger partial charge in [-0.25, -0.2) is 4.98 Å². The van der Waals surface area contributed by atoms with Crippen LogP contribution in [-0.2, 0) is 12.8 Å². The van der Waals surface area contributed by atoms with E-state index in [-0.39, 0.29) is 0 Å². The number of aryl methyl sites for hydroxylation is 2. The summed E-state index contributed by atoms with van der Waals surface area (Å²) in [5.41, 5.74) is 7.80. The van der Waals surface area contributed by atoms with E-state index < -0.39 is 5.91 Å². The zero-order valence-electron chi connectivity index (χ0n) is 6.71. The smallest absolute Gasteiger partial charge is 0.267 e. The molecule has 1 aliphatic rings. The largest absolute Gasteiger partial charge is 0.364 e. The van der Waals surface area contributed by atoms with Crippen molar-refractivity contribution >= 4 is 5.91 Å². The molecule has 0 aromatic carbocycles. The number of nitrogens with two attached hydrogens (primary N) is 1. The average molecular weight is 162 g/mol. The summed E-state index contributed by atoms with van der Waals surface area (Å²) < 4.78 is 0. The van der Waals surface area contributed by atoms with Crippen LogP contribution < -0.4 is 5.73 Å². The fourth-order valence-corrected chi connectivity index (χ4v) is 1.56. The molecular formula is C9H10N2O. The summed E-state index contributed by atoms with van der Waals surface area (Å²) in [7, 11) is 0. The van der Waals surface area contributed by atoms with Crippen LogP contribution in [-0.4, -0.2) is 10.9 Å². The number of hydrogen-bond acceptors (Lipinski definition) is 2. The number of fused-ring (bicyclic) bond motifs is 1. The van der Waals surface area contributed by atoms with Gasteiger partial charge in [-0.2, -0.15) is 0 Å². The number of pyridine rings is 1. The van der Waals surface area contributed by atoms with Gasteiger partial charge in [-0.05, 0) is 30.9 Å². The van der Waals surface area contributed by atoms with Gasteiger partial charge in [-0.15, -0.1) is 0 Å². The quantitative estimate of drug-likeness (QED) is 0.659. The van der Waals surface area contributed by atoms with E-state index in [4.69, 9.17) is 5.73 Å². The Morgan fingerprint density at radius 1 is 1.42 bits per heavy atom. The number of aromatic nitrogens is 1. The van der Waals surface area contributed by atoms with Crippen LogP contribution in [0.1, 0.15) is 28.2 Å². The lowest BCUT2D eigenvalue weighted by molar-refractivity contribution is 0.0995. The van der Waals surface area contributed by atoms with Crippen molar-refractivity contribution in [1.29, 1.82) is 0 Å². The molecule has 0 atom stereocenters. The minimum Gasteiger partial charge on any atom is -0.364 e. The van der Waals surface area contributed by atoms with E-state index in [9.17, 15) is 4.79 Å². The predicted molar refractivity (Wildman–Crippen MR) is 44.8 cm³/mol. The van der Waals surface area contributed by atoms with Gasteiger partial charge in [0.05, 0.1) is 0 Å². The van der Waals surface area contributed by atoms with Gasteiger partial charge in [0.1, 0.15) is 5.69 Å². The van der Waals surface area contributed by atoms with Crippen molar-refractivity contribution in [3.63, 3.8) is 0 Å². The van der Waals surface area contributed by atoms with Crippen LogP contribution in [0.5, 0.6) is 0 Å². The first-order chi connectivity index (χ1) is 5.77. The molecule has 1 heterocycles. The summed E-state index contributed by atoms with van der Waals surface area (Å²) in [6, 6.07) is 3.65. The van der Waals surface area contributed by atoms with Gasteiger partial charge in [-0.3, -0.25) is 4.79 Å². The fourth-order valence-electron chi connectivity index (χ4n) is 1.56. The first kappa shape index (κ1) is 7.28. The Bertz CT molecular complexity index is 333. The number of primary amides is 1. The predicted octanol–water partition coefficient (Wildman–Crippen LogP) is 0.669. The van der Waals surface area contributed by atoms with Crippen LogP contribution in [0.25, 0.3) is 0 Å². The molecule has 1 amide bonds. The van der Waals surface area contributed by atoms with Crippen molar-refractivity contribution < 1.29 is 4.79 Å². The highest BCUT2D eigenvalue weighted by Gasteiger charge is 2.13. The molecule has 62 valence electrons. The molecule has 0 spiro atoms. The Labute approximate surface area is 70.6 Å². The number of carbonyl (C=O) groups is 1. The first-order valence-corrected chi connectivity index (χ1v) is 4.06. The van der Waals surface area contributed by atoms with Gasteiger partial charge in [0, 0.05) is 5.69 Å². The van der Waals surface area contributed by atoms with Crippen molar-refractivity contribution in [2.75, 3.05) is 0 Å². The monoisotopic (exact) mass is 162 g/mol. The Balaban J connectivity index is 2.45. The molecule has 0 fully saturated rings. The van der Waals surface area contributed by atoms with Crippen LogP contribution in [0.3, 0.4) is 0 Å². The van der Waals surface area contributed by atoms with Gasteiger partial charge in [-0.1, -0.05) is 6.07 Å². The zero-order valence-corrected chi connectivity index (χ0v) is 6.71. The van der Waals surface area contributed by atoms with E-state index in [2.05, 4.69) is 4.98 Å². The van der Waals surface area contributed by atoms with Crippen molar-refractivity contribution in [2.45, 2.75) is 19.3 Å². The fraction of sp³-hybridized carbons (Fsp3) is 0.333. The van der Waals surface area contributed by atoms with Crippen molar-refractivity contribution in [1.82, 2.24) is 4.98 Å². The molecular weight excluding hydrogens is 152 g/mol. The number of hydrogen-bond donors (Lipinski definition) is 1. The van der Waals surface area contributed by atoms with E-state index >= 15 is 0 Å². The summed E-state index contributed by atoms with van der Waals surface area (Å²) >= 11 is 0. The lowest BCUT2D eigenvalue weighted by Crippen LogP contribution is -2.13. The van der Waals surface area contributed by atoms with Crippen molar-refractivity contribution in [3.05, 3.63) is 29.1 Å². The van der Waals surface area contributed by atoms with Crippen LogP contribution in [0.2, 0.25) is 0 Å². The van der Waals surface area contributed by atoms with Crippen LogP contribution in [0.15, 0.2) is 12.1 Å². The molecule has 0 saturated heterocycles. The molecule has 1 aromatic rings. The highest BCUT2D eigenvalue weighted by Crippen LogP contribution is 2.19. The third-order valence-corrected chi connectivity index (χ3v) is 2.18. The van der Waals surface area contributed by atoms with E-state index in [0.717, 1.165) is 25.0 Å². The van der Waals surface area contributed by atoms with E-state index in [1.165, 1.54) is 5.56 Å². The van der Waals surface area contributed by atoms with Gasteiger partial charge < -0.3 is 5.73 Å². The molecule has 2 rings (SSSR count). The van der Waals surface area contributed by atoms with E-state index in [1.807, 2.05) is 6.07 Å². The normalized spacial score (nSPS) is 14.3. The molecule has 12 heavy (non-hydrogen) atoms. The maximum atomic E-state index is 10.8. The molecule has 0 saturated carbocycles. The third kappa shape index (κ3) is 1.07. The SMILES string of the molecule is NC(=O)c1ccc2c(n1)CCC2. The summed E-state index contributed by atoms with van der Waals surface area (Å²) in [6.07, 6.45) is 3.21. The molecule has 3 heteroatoms. The lowest BCUT2D eigenvalue weighted by Gasteiger charge is -1.99. The number of carbonyl (C=O) groups excluding carboxylic acids is 1. The Kier molecular flexibility index (Phi) is 1.57. The minimum atomic E-state index is -0.440. The molecule has 0 aliphatic heterocycles. The average Bonchev–Trinajstić information content (AvgIpc) is 2.49. The second-order valence-electron chi connectivity index (χ2n) is 3.02. The molecule has 0 radical (unpaired) electrons. The summed E-state index contributed by atoms with van der Waals surface area (Å²) in [4.78, 5) is 14.9. The Hall–Kier alpha value is -1.38. The second kappa shape index (κ2) is 2.59. The first-order valence-electron chi connectivity index (χ1n) is 4.06. The van der Waals surface area contributed by atoms with Crippen LogP contribution in [0.4, 0.5) is 0 Å². The Morgan fingerprint density at radius 2 is 2.25 bits per heavy atom. The number of nitrogens with zero attached hydrogens (tertiary/aromatic N) is 1. The molecule has 2 N–H and O–H groups in total. The lowest BCUT2D eigenvalue weighted by atomic mass is 10.2. The van der Waals surface area contributed by atoms with Crippen LogP contribution >= 0.6 is 0 Å². The molecule has 1 aliphatic carbocycles. The highest BCUT2D eigenvalue weighted by atomic mass is 16.1. The molecule has 0 unspecified atom stereocenters. The Morgan fingerprint density at radius 3 is 3.00 bits per heavy atom. The van der Waals surface area contributed by atoms with Crippen LogP contribution in [0, 0.1) is 0 Å². The van der Waals surface area contributed by atoms with Crippen molar-refractivity contribution in [2.24, 2.45) is 5.73 Å². The van der Waals surface area contributed by atoms with Gasteiger partial charge in [0.25, 0.3) is 5.91 Å². The van der Waals surface area contributed by atoms with E-state index in [0.29, 0.717) is 5.69 Å². The van der Waals surface area contributed by atoms with E-state index in [1.54, 1.807) is 6.07 Å². The third-order valence-electron chi connectivity index (χ3n) is 2.18. The number of amides is 1. The zero-order chi connectivity index (χ0) is 8.55. The molecule has 1 aromatic heterocycles. The summed E-state index contributed by atoms with van der Waals surface area (Å²) in [6.45, 7) is 0. The maximum Gasteiger partial charge on any atom is 0.267 e. The maximum absolute atomic E-state index is 10.8.